The molecule has 12 heteroatoms. The molecule has 10 nitrogen and oxygen atoms in total. The van der Waals surface area contributed by atoms with Crippen molar-refractivity contribution in [3.63, 3.8) is 0 Å². The van der Waals surface area contributed by atoms with Crippen LogP contribution in [0.5, 0.6) is 5.75 Å². The molecule has 1 amide bonds. The van der Waals surface area contributed by atoms with Crippen LogP contribution in [-0.4, -0.2) is 38.5 Å². The van der Waals surface area contributed by atoms with Gasteiger partial charge in [-0.05, 0) is 62.4 Å². The van der Waals surface area contributed by atoms with Gasteiger partial charge in [0.25, 0.3) is 11.5 Å². The number of fused-ring (bicyclic) bond motifs is 2. The Morgan fingerprint density at radius 1 is 1.12 bits per heavy atom. The lowest BCUT2D eigenvalue weighted by atomic mass is 10.2. The monoisotopic (exact) mass is 580 g/mol. The maximum atomic E-state index is 13.5. The Bertz CT molecular complexity index is 1880. The summed E-state index contributed by atoms with van der Waals surface area (Å²) in [6.07, 6.45) is 1.96. The van der Waals surface area contributed by atoms with Gasteiger partial charge < -0.3 is 18.5 Å². The third-order valence-corrected chi connectivity index (χ3v) is 6.47. The predicted molar refractivity (Wildman–Crippen MR) is 148 cm³/mol. The second-order valence-electron chi connectivity index (χ2n) is 8.64. The van der Waals surface area contributed by atoms with Gasteiger partial charge in [-0.1, -0.05) is 29.3 Å². The van der Waals surface area contributed by atoms with E-state index >= 15 is 0 Å². The zero-order chi connectivity index (χ0) is 28.4. The van der Waals surface area contributed by atoms with E-state index in [-0.39, 0.29) is 46.0 Å². The molecule has 1 atom stereocenters. The number of benzene rings is 1. The molecule has 0 aliphatic carbocycles. The topological polar surface area (TPSA) is 117 Å². The van der Waals surface area contributed by atoms with Crippen molar-refractivity contribution in [3.05, 3.63) is 104 Å². The number of carbonyl (C=O) groups excluding carboxylic acids is 2. The van der Waals surface area contributed by atoms with Gasteiger partial charge in [-0.2, -0.15) is 4.99 Å². The van der Waals surface area contributed by atoms with Crippen LogP contribution in [0, 0.1) is 0 Å². The highest BCUT2D eigenvalue weighted by Crippen LogP contribution is 2.28. The summed E-state index contributed by atoms with van der Waals surface area (Å²) in [7, 11) is 0. The van der Waals surface area contributed by atoms with E-state index in [2.05, 4.69) is 9.98 Å². The van der Waals surface area contributed by atoms with E-state index in [9.17, 15) is 14.4 Å². The van der Waals surface area contributed by atoms with E-state index in [1.54, 1.807) is 49.5 Å². The zero-order valence-corrected chi connectivity index (χ0v) is 22.8. The third-order valence-electron chi connectivity index (χ3n) is 5.94. The summed E-state index contributed by atoms with van der Waals surface area (Å²) in [5.74, 6) is -0.781. The lowest BCUT2D eigenvalue weighted by molar-refractivity contribution is -0.124. The number of aromatic nitrogens is 3. The molecule has 0 fully saturated rings. The van der Waals surface area contributed by atoms with Crippen molar-refractivity contribution in [2.45, 2.75) is 26.5 Å². The number of nitrogens with zero attached hydrogens (tertiary/aromatic N) is 4. The van der Waals surface area contributed by atoms with Crippen LogP contribution in [0.3, 0.4) is 0 Å². The average molecular weight is 581 g/mol. The Balaban J connectivity index is 1.75. The number of carbonyl (C=O) groups is 2. The van der Waals surface area contributed by atoms with Gasteiger partial charge in [0.15, 0.2) is 11.6 Å². The minimum Gasteiger partial charge on any atom is -0.479 e. The van der Waals surface area contributed by atoms with Gasteiger partial charge in [-0.3, -0.25) is 14.0 Å². The SMILES string of the molecule is CCOC(=O)c1cc2c(=O)n3ccccc3nc2n(Cc2ccco2)c1=NC(=O)C(C)Oc1ccc(Cl)cc1Cl. The highest BCUT2D eigenvalue weighted by atomic mass is 35.5. The van der Waals surface area contributed by atoms with Gasteiger partial charge in [0.2, 0.25) is 0 Å². The highest BCUT2D eigenvalue weighted by molar-refractivity contribution is 6.35. The van der Waals surface area contributed by atoms with E-state index in [1.165, 1.54) is 40.4 Å². The normalized spacial score (nSPS) is 12.6. The van der Waals surface area contributed by atoms with Crippen molar-refractivity contribution in [1.82, 2.24) is 14.0 Å². The minimum absolute atomic E-state index is 0.0105. The van der Waals surface area contributed by atoms with Crippen LogP contribution in [0.15, 0.2) is 81.3 Å². The second kappa shape index (κ2) is 11.4. The Morgan fingerprint density at radius 2 is 1.95 bits per heavy atom. The first-order chi connectivity index (χ1) is 19.3. The maximum Gasteiger partial charge on any atom is 0.341 e. The number of halogens is 2. The lowest BCUT2D eigenvalue weighted by Crippen LogP contribution is -2.34. The lowest BCUT2D eigenvalue weighted by Gasteiger charge is -2.16. The first-order valence-corrected chi connectivity index (χ1v) is 13.0. The summed E-state index contributed by atoms with van der Waals surface area (Å²) in [6, 6.07) is 14.5. The number of hydrogen-bond acceptors (Lipinski definition) is 7. The molecule has 204 valence electrons. The number of pyridine rings is 2. The molecule has 5 rings (SSSR count). The van der Waals surface area contributed by atoms with Gasteiger partial charge >= 0.3 is 5.97 Å². The quantitative estimate of drug-likeness (QED) is 0.203. The molecular formula is C28H22Cl2N4O6. The molecule has 0 N–H and O–H groups in total. The van der Waals surface area contributed by atoms with Gasteiger partial charge in [-0.15, -0.1) is 0 Å². The summed E-state index contributed by atoms with van der Waals surface area (Å²) in [5, 5.41) is 0.752. The Labute approximate surface area is 237 Å². The average Bonchev–Trinajstić information content (AvgIpc) is 3.45. The van der Waals surface area contributed by atoms with Crippen LogP contribution in [0.1, 0.15) is 30.0 Å². The van der Waals surface area contributed by atoms with Gasteiger partial charge in [0.05, 0.1) is 29.8 Å². The van der Waals surface area contributed by atoms with Crippen molar-refractivity contribution in [1.29, 1.82) is 0 Å². The van der Waals surface area contributed by atoms with E-state index in [0.29, 0.717) is 16.4 Å². The summed E-state index contributed by atoms with van der Waals surface area (Å²) in [6.45, 7) is 3.22. The largest absolute Gasteiger partial charge is 0.479 e. The van der Waals surface area contributed by atoms with Crippen molar-refractivity contribution < 1.29 is 23.5 Å². The standard InChI is InChI=1S/C28H22Cl2N4O6/c1-3-38-28(37)20-14-19-24(31-23-8-4-5-11-33(23)27(19)36)34(15-18-7-6-12-39-18)25(20)32-26(35)16(2)40-22-10-9-17(29)13-21(22)30/h4-14,16H,3,15H2,1-2H3. The number of hydrogen-bond donors (Lipinski definition) is 0. The van der Waals surface area contributed by atoms with E-state index in [4.69, 9.17) is 37.1 Å². The van der Waals surface area contributed by atoms with Crippen LogP contribution in [0.25, 0.3) is 16.7 Å². The summed E-state index contributed by atoms with van der Waals surface area (Å²) >= 11 is 12.2. The molecule has 0 aliphatic heterocycles. The summed E-state index contributed by atoms with van der Waals surface area (Å²) in [5.41, 5.74) is -0.0193. The molecule has 0 saturated carbocycles. The molecule has 1 aromatic carbocycles. The zero-order valence-electron chi connectivity index (χ0n) is 21.3. The molecule has 0 bridgehead atoms. The van der Waals surface area contributed by atoms with E-state index < -0.39 is 23.5 Å². The first-order valence-electron chi connectivity index (χ1n) is 12.2. The number of ether oxygens (including phenoxy) is 2. The van der Waals surface area contributed by atoms with Crippen molar-refractivity contribution in [3.8, 4) is 5.75 Å². The Kier molecular flexibility index (Phi) is 7.72. The number of esters is 1. The smallest absolute Gasteiger partial charge is 0.341 e. The molecule has 0 spiro atoms. The minimum atomic E-state index is -1.10. The molecule has 0 radical (unpaired) electrons. The molecule has 40 heavy (non-hydrogen) atoms. The molecule has 4 aromatic heterocycles. The van der Waals surface area contributed by atoms with E-state index in [1.807, 2.05) is 0 Å². The highest BCUT2D eigenvalue weighted by Gasteiger charge is 2.23. The van der Waals surface area contributed by atoms with Crippen LogP contribution in [0.2, 0.25) is 10.0 Å². The van der Waals surface area contributed by atoms with Crippen LogP contribution in [-0.2, 0) is 16.1 Å². The van der Waals surface area contributed by atoms with Crippen LogP contribution in [0.4, 0.5) is 0 Å². The van der Waals surface area contributed by atoms with Gasteiger partial charge in [-0.25, -0.2) is 9.78 Å². The third kappa shape index (κ3) is 5.36. The van der Waals surface area contributed by atoms with Crippen LogP contribution >= 0.6 is 23.2 Å². The fraction of sp³-hybridized carbons (Fsp3) is 0.179. The molecule has 0 saturated heterocycles. The number of amides is 1. The maximum absolute atomic E-state index is 13.5. The molecule has 0 aliphatic rings. The van der Waals surface area contributed by atoms with Crippen molar-refractivity contribution in [2.24, 2.45) is 4.99 Å². The Morgan fingerprint density at radius 3 is 2.67 bits per heavy atom. The second-order valence-corrected chi connectivity index (χ2v) is 9.48. The molecule has 1 unspecified atom stereocenters. The predicted octanol–water partition coefficient (Wildman–Crippen LogP) is 4.67. The first kappa shape index (κ1) is 27.2. The number of rotatable bonds is 7. The van der Waals surface area contributed by atoms with Gasteiger partial charge in [0, 0.05) is 11.2 Å². The fourth-order valence-electron chi connectivity index (χ4n) is 4.07. The molecule has 5 aromatic rings. The van der Waals surface area contributed by atoms with Crippen molar-refractivity contribution >= 4 is 51.8 Å². The number of furan rings is 1. The van der Waals surface area contributed by atoms with E-state index in [0.717, 1.165) is 0 Å². The summed E-state index contributed by atoms with van der Waals surface area (Å²) < 4.78 is 19.4. The van der Waals surface area contributed by atoms with Gasteiger partial charge in [0.1, 0.15) is 28.4 Å². The fourth-order valence-corrected chi connectivity index (χ4v) is 4.53. The summed E-state index contributed by atoms with van der Waals surface area (Å²) in [4.78, 5) is 48.9. The molecule has 4 heterocycles. The van der Waals surface area contributed by atoms with Crippen LogP contribution < -0.4 is 15.8 Å². The Hall–Kier alpha value is -4.41. The molecular weight excluding hydrogens is 559 g/mol. The van der Waals surface area contributed by atoms with Crippen molar-refractivity contribution in [2.75, 3.05) is 6.61 Å².